The van der Waals surface area contributed by atoms with E-state index >= 15 is 0 Å². The summed E-state index contributed by atoms with van der Waals surface area (Å²) in [7, 11) is 0. The van der Waals surface area contributed by atoms with Gasteiger partial charge in [-0.2, -0.15) is 0 Å². The Labute approximate surface area is 157 Å². The van der Waals surface area contributed by atoms with Crippen molar-refractivity contribution in [3.05, 3.63) is 63.9 Å². The Kier molecular flexibility index (Phi) is 5.62. The Bertz CT molecular complexity index is 950. The van der Waals surface area contributed by atoms with Crippen molar-refractivity contribution in [1.82, 2.24) is 9.78 Å². The summed E-state index contributed by atoms with van der Waals surface area (Å²) in [6.07, 6.45) is 0. The van der Waals surface area contributed by atoms with E-state index in [2.05, 4.69) is 10.4 Å². The second-order valence-corrected chi connectivity index (χ2v) is 8.07. The summed E-state index contributed by atoms with van der Waals surface area (Å²) in [5.74, 6) is -0.183. The van der Waals surface area contributed by atoms with Gasteiger partial charge in [0.1, 0.15) is 5.82 Å². The monoisotopic (exact) mass is 391 g/mol. The maximum Gasteiger partial charge on any atom is 0.234 e. The molecule has 8 heteroatoms. The van der Waals surface area contributed by atoms with Crippen molar-refractivity contribution in [1.29, 1.82) is 0 Å². The number of rotatable bonds is 5. The molecule has 0 spiro atoms. The number of hydrogen-bond donors (Lipinski definition) is 1. The van der Waals surface area contributed by atoms with Gasteiger partial charge in [0.15, 0.2) is 8.29 Å². The minimum atomic E-state index is -0.312. The molecule has 0 bridgehead atoms. The van der Waals surface area contributed by atoms with Gasteiger partial charge in [-0.1, -0.05) is 35.2 Å². The molecule has 1 heterocycles. The fourth-order valence-electron chi connectivity index (χ4n) is 2.11. The Morgan fingerprint density at radius 2 is 2.08 bits per heavy atom. The van der Waals surface area contributed by atoms with Gasteiger partial charge in [-0.05, 0) is 61.1 Å². The highest BCUT2D eigenvalue weighted by Gasteiger charge is 2.10. The maximum absolute atomic E-state index is 13.0. The largest absolute Gasteiger partial charge is 0.325 e. The summed E-state index contributed by atoms with van der Waals surface area (Å²) < 4.78 is 15.8. The lowest BCUT2D eigenvalue weighted by atomic mass is 10.2. The van der Waals surface area contributed by atoms with Crippen molar-refractivity contribution in [2.75, 3.05) is 11.1 Å². The molecular weight excluding hydrogens is 377 g/mol. The fraction of sp³-hybridized carbons (Fsp3) is 0.118. The molecule has 0 aliphatic rings. The standard InChI is InChI=1S/C17H14FN3OS3/c1-11-3-2-4-13(9-11)19-15(22)10-24-16-20-21(17(23)25-16)14-7-5-12(18)6-8-14/h2-9H,10H2,1H3,(H,19,22). The molecule has 0 aliphatic carbocycles. The number of amides is 1. The molecular formula is C17H14FN3OS3. The average molecular weight is 392 g/mol. The Morgan fingerprint density at radius 1 is 1.32 bits per heavy atom. The first-order valence-electron chi connectivity index (χ1n) is 7.37. The number of benzene rings is 2. The number of halogens is 1. The summed E-state index contributed by atoms with van der Waals surface area (Å²) in [6.45, 7) is 1.97. The Balaban J connectivity index is 1.64. The van der Waals surface area contributed by atoms with Gasteiger partial charge < -0.3 is 5.32 Å². The first-order valence-corrected chi connectivity index (χ1v) is 9.58. The highest BCUT2D eigenvalue weighted by atomic mass is 32.2. The third-order valence-corrected chi connectivity index (χ3v) is 5.59. The second kappa shape index (κ2) is 7.90. The third kappa shape index (κ3) is 4.75. The lowest BCUT2D eigenvalue weighted by Gasteiger charge is -2.04. The molecule has 0 saturated heterocycles. The second-order valence-electron chi connectivity index (χ2n) is 5.23. The molecule has 0 radical (unpaired) electrons. The van der Waals surface area contributed by atoms with Gasteiger partial charge in [-0.3, -0.25) is 4.79 Å². The van der Waals surface area contributed by atoms with E-state index in [9.17, 15) is 9.18 Å². The van der Waals surface area contributed by atoms with Crippen molar-refractivity contribution < 1.29 is 9.18 Å². The van der Waals surface area contributed by atoms with E-state index in [4.69, 9.17) is 12.2 Å². The van der Waals surface area contributed by atoms with E-state index in [0.717, 1.165) is 11.3 Å². The van der Waals surface area contributed by atoms with Gasteiger partial charge in [0.25, 0.3) is 0 Å². The van der Waals surface area contributed by atoms with E-state index in [-0.39, 0.29) is 17.5 Å². The van der Waals surface area contributed by atoms with Crippen LogP contribution in [0.25, 0.3) is 5.69 Å². The maximum atomic E-state index is 13.0. The van der Waals surface area contributed by atoms with E-state index in [1.807, 2.05) is 31.2 Å². The van der Waals surface area contributed by atoms with Crippen LogP contribution in [0.2, 0.25) is 0 Å². The van der Waals surface area contributed by atoms with Gasteiger partial charge in [0.2, 0.25) is 5.91 Å². The number of anilines is 1. The van der Waals surface area contributed by atoms with Crippen molar-refractivity contribution in [3.8, 4) is 5.69 Å². The minimum Gasteiger partial charge on any atom is -0.325 e. The minimum absolute atomic E-state index is 0.106. The molecule has 0 unspecified atom stereocenters. The van der Waals surface area contributed by atoms with Gasteiger partial charge in [0, 0.05) is 5.69 Å². The summed E-state index contributed by atoms with van der Waals surface area (Å²) >= 11 is 7.94. The number of nitrogens with one attached hydrogen (secondary N) is 1. The number of aryl methyl sites for hydroxylation is 1. The smallest absolute Gasteiger partial charge is 0.234 e. The number of carbonyl (C=O) groups is 1. The van der Waals surface area contributed by atoms with Gasteiger partial charge in [-0.15, -0.1) is 5.10 Å². The number of nitrogens with zero attached hydrogens (tertiary/aromatic N) is 2. The molecule has 4 nitrogen and oxygen atoms in total. The van der Waals surface area contributed by atoms with Crippen LogP contribution in [0, 0.1) is 16.7 Å². The zero-order valence-corrected chi connectivity index (χ0v) is 15.7. The quantitative estimate of drug-likeness (QED) is 0.499. The highest BCUT2D eigenvalue weighted by molar-refractivity contribution is 8.01. The van der Waals surface area contributed by atoms with E-state index in [1.165, 1.54) is 35.2 Å². The Morgan fingerprint density at radius 3 is 2.80 bits per heavy atom. The lowest BCUT2D eigenvalue weighted by Crippen LogP contribution is -2.14. The summed E-state index contributed by atoms with van der Waals surface area (Å²) in [5, 5.41) is 7.25. The first kappa shape index (κ1) is 17.8. The molecule has 128 valence electrons. The van der Waals surface area contributed by atoms with E-state index < -0.39 is 0 Å². The van der Waals surface area contributed by atoms with Crippen LogP contribution in [0.1, 0.15) is 5.56 Å². The fourth-order valence-corrected chi connectivity index (χ4v) is 4.27. The van der Waals surface area contributed by atoms with E-state index in [0.29, 0.717) is 14.0 Å². The summed E-state index contributed by atoms with van der Waals surface area (Å²) in [4.78, 5) is 12.1. The SMILES string of the molecule is Cc1cccc(NC(=O)CSc2nn(-c3ccc(F)cc3)c(=S)s2)c1. The lowest BCUT2D eigenvalue weighted by molar-refractivity contribution is -0.113. The first-order chi connectivity index (χ1) is 12.0. The molecule has 3 rings (SSSR count). The highest BCUT2D eigenvalue weighted by Crippen LogP contribution is 2.24. The molecule has 1 N–H and O–H groups in total. The van der Waals surface area contributed by atoms with Crippen molar-refractivity contribution in [3.63, 3.8) is 0 Å². The zero-order valence-electron chi connectivity index (χ0n) is 13.2. The van der Waals surface area contributed by atoms with E-state index in [1.54, 1.807) is 16.8 Å². The molecule has 1 aromatic heterocycles. The van der Waals surface area contributed by atoms with Gasteiger partial charge in [-0.25, -0.2) is 9.07 Å². The third-order valence-electron chi connectivity index (χ3n) is 3.23. The predicted molar refractivity (Wildman–Crippen MR) is 103 cm³/mol. The van der Waals surface area contributed by atoms with Crippen LogP contribution in [0.3, 0.4) is 0 Å². The van der Waals surface area contributed by atoms with Gasteiger partial charge >= 0.3 is 0 Å². The topological polar surface area (TPSA) is 46.9 Å². The summed E-state index contributed by atoms with van der Waals surface area (Å²) in [6, 6.07) is 13.6. The molecule has 1 amide bonds. The zero-order chi connectivity index (χ0) is 17.8. The predicted octanol–water partition coefficient (Wildman–Crippen LogP) is 4.84. The van der Waals surface area contributed by atoms with Gasteiger partial charge in [0.05, 0.1) is 11.4 Å². The molecule has 0 aliphatic heterocycles. The van der Waals surface area contributed by atoms with Crippen LogP contribution in [0.5, 0.6) is 0 Å². The van der Waals surface area contributed by atoms with Crippen LogP contribution in [0.15, 0.2) is 52.9 Å². The van der Waals surface area contributed by atoms with Crippen LogP contribution in [-0.4, -0.2) is 21.4 Å². The number of carbonyl (C=O) groups excluding carboxylic acids is 1. The number of thioether (sulfide) groups is 1. The molecule has 0 atom stereocenters. The van der Waals surface area contributed by atoms with Crippen molar-refractivity contribution in [2.45, 2.75) is 11.3 Å². The normalized spacial score (nSPS) is 10.6. The van der Waals surface area contributed by atoms with Crippen molar-refractivity contribution in [2.24, 2.45) is 0 Å². The van der Waals surface area contributed by atoms with Crippen LogP contribution in [0.4, 0.5) is 10.1 Å². The van der Waals surface area contributed by atoms with Crippen LogP contribution >= 0.6 is 35.3 Å². The van der Waals surface area contributed by atoms with Crippen molar-refractivity contribution >= 4 is 46.9 Å². The average Bonchev–Trinajstić information content (AvgIpc) is 2.95. The van der Waals surface area contributed by atoms with Crippen LogP contribution in [-0.2, 0) is 4.79 Å². The molecule has 2 aromatic carbocycles. The number of aromatic nitrogens is 2. The molecule has 0 fully saturated rings. The summed E-state index contributed by atoms with van der Waals surface area (Å²) in [5.41, 5.74) is 2.55. The molecule has 3 aromatic rings. The number of hydrogen-bond acceptors (Lipinski definition) is 5. The van der Waals surface area contributed by atoms with Crippen LogP contribution < -0.4 is 5.32 Å². The molecule has 25 heavy (non-hydrogen) atoms. The Hall–Kier alpha value is -2.03. The molecule has 0 saturated carbocycles.